The van der Waals surface area contributed by atoms with Crippen molar-refractivity contribution in [2.24, 2.45) is 0 Å². The summed E-state index contributed by atoms with van der Waals surface area (Å²) in [6, 6.07) is 8.04. The number of rotatable bonds is 11. The van der Waals surface area contributed by atoms with Crippen molar-refractivity contribution in [2.45, 2.75) is 23.5 Å². The maximum atomic E-state index is 13.1. The van der Waals surface area contributed by atoms with Crippen LogP contribution in [0.2, 0.25) is 0 Å². The van der Waals surface area contributed by atoms with Gasteiger partial charge in [-0.05, 0) is 52.7 Å². The molecule has 0 spiro atoms. The second kappa shape index (κ2) is 11.8. The summed E-state index contributed by atoms with van der Waals surface area (Å²) in [4.78, 5) is 14.0. The maximum Gasteiger partial charge on any atom is 0.288 e. The summed E-state index contributed by atoms with van der Waals surface area (Å²) in [5.74, 6) is 0.426. The van der Waals surface area contributed by atoms with Crippen molar-refractivity contribution >= 4 is 27.3 Å². The van der Waals surface area contributed by atoms with Crippen LogP contribution in [0.1, 0.15) is 17.9 Å². The summed E-state index contributed by atoms with van der Waals surface area (Å²) in [6.45, 7) is -0.372. The molecule has 1 aliphatic rings. The molecule has 0 saturated heterocycles. The van der Waals surface area contributed by atoms with Gasteiger partial charge in [0, 0.05) is 39.5 Å². The summed E-state index contributed by atoms with van der Waals surface area (Å²) >= 11 is 1.57. The van der Waals surface area contributed by atoms with Gasteiger partial charge in [-0.2, -0.15) is 15.6 Å². The quantitative estimate of drug-likeness (QED) is 0.494. The van der Waals surface area contributed by atoms with E-state index in [1.54, 1.807) is 43.6 Å². The first-order valence-corrected chi connectivity index (χ1v) is 13.1. The summed E-state index contributed by atoms with van der Waals surface area (Å²) < 4.78 is 44.0. The minimum atomic E-state index is -3.85. The minimum Gasteiger partial charge on any atom is -0.497 e. The molecule has 1 aliphatic heterocycles. The van der Waals surface area contributed by atoms with Crippen LogP contribution in [0.25, 0.3) is 0 Å². The van der Waals surface area contributed by atoms with Crippen molar-refractivity contribution < 1.29 is 32.5 Å². The molecule has 0 fully saturated rings. The number of methoxy groups -OCH3 is 1. The molecule has 2 aromatic rings. The molecule has 2 atom stereocenters. The highest BCUT2D eigenvalue weighted by Gasteiger charge is 2.30. The van der Waals surface area contributed by atoms with Gasteiger partial charge in [0.1, 0.15) is 5.75 Å². The average molecular weight is 511 g/mol. The second-order valence-corrected chi connectivity index (χ2v) is 10.6. The topological polar surface area (TPSA) is 106 Å². The Morgan fingerprint density at radius 2 is 1.94 bits per heavy atom. The fourth-order valence-electron chi connectivity index (χ4n) is 3.50. The molecule has 11 heteroatoms. The number of thiophene rings is 1. The largest absolute Gasteiger partial charge is 0.497 e. The van der Waals surface area contributed by atoms with E-state index in [0.29, 0.717) is 12.2 Å². The smallest absolute Gasteiger partial charge is 0.288 e. The lowest BCUT2D eigenvalue weighted by Crippen LogP contribution is -2.38. The predicted molar refractivity (Wildman–Crippen MR) is 128 cm³/mol. The molecule has 0 saturated carbocycles. The number of carbonyl (C=O) groups excluding carboxylic acids is 1. The molecule has 34 heavy (non-hydrogen) atoms. The van der Waals surface area contributed by atoms with E-state index < -0.39 is 16.3 Å². The summed E-state index contributed by atoms with van der Waals surface area (Å²) in [7, 11) is 0.948. The molecule has 186 valence electrons. The maximum absolute atomic E-state index is 13.1. The van der Waals surface area contributed by atoms with E-state index in [0.717, 1.165) is 9.87 Å². The van der Waals surface area contributed by atoms with Gasteiger partial charge in [0.15, 0.2) is 5.76 Å². The molecule has 0 radical (unpaired) electrons. The molecule has 0 bridgehead atoms. The zero-order valence-electron chi connectivity index (χ0n) is 19.4. The first-order valence-electron chi connectivity index (χ1n) is 10.7. The Labute approximate surface area is 204 Å². The summed E-state index contributed by atoms with van der Waals surface area (Å²) in [6.07, 6.45) is 1.58. The average Bonchev–Trinajstić information content (AvgIpc) is 3.38. The first kappa shape index (κ1) is 26.2. The highest BCUT2D eigenvalue weighted by atomic mass is 32.2. The van der Waals surface area contributed by atoms with Crippen LogP contribution in [-0.4, -0.2) is 82.4 Å². The van der Waals surface area contributed by atoms with Crippen molar-refractivity contribution in [1.29, 1.82) is 0 Å². The number of ether oxygens (including phenoxy) is 3. The Kier molecular flexibility index (Phi) is 9.09. The van der Waals surface area contributed by atoms with E-state index in [-0.39, 0.29) is 48.8 Å². The predicted octanol–water partition coefficient (Wildman–Crippen LogP) is 2.26. The van der Waals surface area contributed by atoms with Gasteiger partial charge in [-0.1, -0.05) is 0 Å². The van der Waals surface area contributed by atoms with Crippen LogP contribution >= 0.6 is 11.3 Å². The molecule has 0 aliphatic carbocycles. The standard InChI is InChI=1S/C23H30N2O7S2/c1-24(2)23(27)21-14-18(17-8-13-33-16-17)15-22(32-21)31-12-10-25(9-11-26)34(28,29)20-6-4-19(30-3)5-7-20/h4-8,13-14,16,18,22,26H,9-12,15H2,1-3H3/t18-,22+/m0/s1. The van der Waals surface area contributed by atoms with Crippen molar-refractivity contribution in [2.75, 3.05) is 47.5 Å². The van der Waals surface area contributed by atoms with Gasteiger partial charge in [0.25, 0.3) is 5.91 Å². The zero-order valence-corrected chi connectivity index (χ0v) is 21.0. The molecular weight excluding hydrogens is 480 g/mol. The number of carbonyl (C=O) groups is 1. The van der Waals surface area contributed by atoms with Gasteiger partial charge in [0.2, 0.25) is 16.3 Å². The highest BCUT2D eigenvalue weighted by Crippen LogP contribution is 2.33. The van der Waals surface area contributed by atoms with Crippen LogP contribution in [0.3, 0.4) is 0 Å². The number of hydrogen-bond donors (Lipinski definition) is 1. The number of allylic oxidation sites excluding steroid dienone is 1. The number of sulfonamides is 1. The third-order valence-corrected chi connectivity index (χ3v) is 7.95. The Morgan fingerprint density at radius 3 is 2.53 bits per heavy atom. The van der Waals surface area contributed by atoms with E-state index in [2.05, 4.69) is 0 Å². The third kappa shape index (κ3) is 6.36. The molecule has 9 nitrogen and oxygen atoms in total. The van der Waals surface area contributed by atoms with Crippen molar-refractivity contribution in [3.63, 3.8) is 0 Å². The minimum absolute atomic E-state index is 0.0125. The molecule has 1 N–H and O–H groups in total. The van der Waals surface area contributed by atoms with Gasteiger partial charge in [0.05, 0.1) is 25.2 Å². The number of benzene rings is 1. The third-order valence-electron chi connectivity index (χ3n) is 5.34. The SMILES string of the molecule is COc1ccc(S(=O)(=O)N(CCO)CCO[C@H]2C[C@@H](c3ccsc3)C=C(C(=O)N(C)C)O2)cc1. The van der Waals surface area contributed by atoms with E-state index in [4.69, 9.17) is 14.2 Å². The number of aliphatic hydroxyl groups excluding tert-OH is 1. The van der Waals surface area contributed by atoms with Crippen molar-refractivity contribution in [3.8, 4) is 5.75 Å². The van der Waals surface area contributed by atoms with Crippen molar-refractivity contribution in [3.05, 3.63) is 58.5 Å². The Morgan fingerprint density at radius 1 is 1.21 bits per heavy atom. The van der Waals surface area contributed by atoms with Gasteiger partial charge >= 0.3 is 0 Å². The molecular formula is C23H30N2O7S2. The molecule has 2 heterocycles. The number of likely N-dealkylation sites (N-methyl/N-ethyl adjacent to an activating group) is 1. The fraction of sp³-hybridized carbons (Fsp3) is 0.435. The summed E-state index contributed by atoms with van der Waals surface area (Å²) in [5, 5.41) is 13.4. The van der Waals surface area contributed by atoms with E-state index in [1.807, 2.05) is 16.8 Å². The van der Waals surface area contributed by atoms with Crippen LogP contribution in [0.15, 0.2) is 57.8 Å². The van der Waals surface area contributed by atoms with Gasteiger partial charge < -0.3 is 24.2 Å². The van der Waals surface area contributed by atoms with E-state index in [9.17, 15) is 18.3 Å². The zero-order chi connectivity index (χ0) is 24.7. The first-order chi connectivity index (χ1) is 16.3. The molecule has 1 aromatic heterocycles. The van der Waals surface area contributed by atoms with Crippen LogP contribution in [0.5, 0.6) is 5.75 Å². The van der Waals surface area contributed by atoms with Crippen LogP contribution in [0.4, 0.5) is 0 Å². The Bertz CT molecular complexity index is 1070. The van der Waals surface area contributed by atoms with Crippen LogP contribution in [0, 0.1) is 0 Å². The molecule has 1 aromatic carbocycles. The Balaban J connectivity index is 1.68. The number of aliphatic hydroxyl groups is 1. The van der Waals surface area contributed by atoms with Crippen LogP contribution in [-0.2, 0) is 24.3 Å². The second-order valence-electron chi connectivity index (χ2n) is 7.85. The van der Waals surface area contributed by atoms with Crippen LogP contribution < -0.4 is 4.74 Å². The van der Waals surface area contributed by atoms with E-state index >= 15 is 0 Å². The highest BCUT2D eigenvalue weighted by molar-refractivity contribution is 7.89. The molecule has 0 unspecified atom stereocenters. The number of amides is 1. The number of nitrogens with zero attached hydrogens (tertiary/aromatic N) is 2. The number of hydrogen-bond acceptors (Lipinski definition) is 8. The van der Waals surface area contributed by atoms with E-state index in [1.165, 1.54) is 24.1 Å². The summed E-state index contributed by atoms with van der Waals surface area (Å²) in [5.41, 5.74) is 1.06. The van der Waals surface area contributed by atoms with Gasteiger partial charge in [-0.25, -0.2) is 8.42 Å². The monoisotopic (exact) mass is 510 g/mol. The normalized spacial score (nSPS) is 18.3. The lowest BCUT2D eigenvalue weighted by atomic mass is 9.95. The van der Waals surface area contributed by atoms with Gasteiger partial charge in [-0.15, -0.1) is 0 Å². The molecule has 1 amide bonds. The lowest BCUT2D eigenvalue weighted by Gasteiger charge is -2.30. The van der Waals surface area contributed by atoms with Crippen molar-refractivity contribution in [1.82, 2.24) is 9.21 Å². The van der Waals surface area contributed by atoms with Gasteiger partial charge in [-0.3, -0.25) is 4.79 Å². The lowest BCUT2D eigenvalue weighted by molar-refractivity contribution is -0.151. The Hall–Kier alpha value is -2.44. The fourth-order valence-corrected chi connectivity index (χ4v) is 5.64. The molecule has 3 rings (SSSR count).